The fourth-order valence-corrected chi connectivity index (χ4v) is 3.31. The first-order chi connectivity index (χ1) is 8.69. The van der Waals surface area contributed by atoms with Crippen LogP contribution in [-0.2, 0) is 13.5 Å². The van der Waals surface area contributed by atoms with Gasteiger partial charge in [0.1, 0.15) is 0 Å². The van der Waals surface area contributed by atoms with Gasteiger partial charge in [0.15, 0.2) is 0 Å². The van der Waals surface area contributed by atoms with Crippen LogP contribution in [0.3, 0.4) is 0 Å². The molecule has 6 heteroatoms. The molecule has 98 valence electrons. The maximum Gasteiger partial charge on any atom is 0.0999 e. The van der Waals surface area contributed by atoms with E-state index in [1.807, 2.05) is 13.2 Å². The number of aromatic nitrogens is 3. The predicted octanol–water partition coefficient (Wildman–Crippen LogP) is 2.92. The summed E-state index contributed by atoms with van der Waals surface area (Å²) < 4.78 is 1.17. The first kappa shape index (κ1) is 13.7. The van der Waals surface area contributed by atoms with Crippen LogP contribution in [0.5, 0.6) is 0 Å². The molecule has 0 fully saturated rings. The fraction of sp³-hybridized carbons (Fsp3) is 0.500. The minimum atomic E-state index is 0.240. The molecule has 0 amide bonds. The van der Waals surface area contributed by atoms with Crippen LogP contribution in [0.2, 0.25) is 0 Å². The molecule has 0 spiro atoms. The Labute approximate surface area is 120 Å². The smallest absolute Gasteiger partial charge is 0.0999 e. The van der Waals surface area contributed by atoms with Gasteiger partial charge in [0.25, 0.3) is 0 Å². The highest BCUT2D eigenvalue weighted by molar-refractivity contribution is 9.11. The zero-order chi connectivity index (χ0) is 13.0. The summed E-state index contributed by atoms with van der Waals surface area (Å²) in [7, 11) is 1.85. The molecule has 1 N–H and O–H groups in total. The Hall–Kier alpha value is -0.720. The van der Waals surface area contributed by atoms with E-state index in [1.165, 1.54) is 8.66 Å². The van der Waals surface area contributed by atoms with E-state index in [9.17, 15) is 0 Å². The molecule has 0 aliphatic carbocycles. The van der Waals surface area contributed by atoms with Gasteiger partial charge in [-0.05, 0) is 41.0 Å². The Bertz CT molecular complexity index is 494. The lowest BCUT2D eigenvalue weighted by molar-refractivity contribution is 0.511. The lowest BCUT2D eigenvalue weighted by Crippen LogP contribution is -2.24. The summed E-state index contributed by atoms with van der Waals surface area (Å²) in [5, 5.41) is 12.1. The minimum absolute atomic E-state index is 0.240. The summed E-state index contributed by atoms with van der Waals surface area (Å²) in [4.78, 5) is 2.96. The van der Waals surface area contributed by atoms with Crippen molar-refractivity contribution in [2.24, 2.45) is 7.05 Å². The SMILES string of the molecule is CCCNC(Cc1ccc(Br)s1)c1cnn(C)n1. The zero-order valence-corrected chi connectivity index (χ0v) is 13.0. The van der Waals surface area contributed by atoms with Crippen molar-refractivity contribution in [1.29, 1.82) is 0 Å². The summed E-state index contributed by atoms with van der Waals surface area (Å²) in [6, 6.07) is 4.49. The van der Waals surface area contributed by atoms with Gasteiger partial charge in [0, 0.05) is 18.3 Å². The van der Waals surface area contributed by atoms with Crippen LogP contribution >= 0.6 is 27.3 Å². The molecular formula is C12H17BrN4S. The number of nitrogens with one attached hydrogen (secondary N) is 1. The van der Waals surface area contributed by atoms with Crippen molar-refractivity contribution in [3.8, 4) is 0 Å². The molecule has 0 aromatic carbocycles. The van der Waals surface area contributed by atoms with Crippen LogP contribution in [0.4, 0.5) is 0 Å². The van der Waals surface area contributed by atoms with Crippen molar-refractivity contribution in [2.75, 3.05) is 6.54 Å². The van der Waals surface area contributed by atoms with Crippen molar-refractivity contribution >= 4 is 27.3 Å². The normalized spacial score (nSPS) is 12.8. The number of nitrogens with zero attached hydrogens (tertiary/aromatic N) is 3. The summed E-state index contributed by atoms with van der Waals surface area (Å²) in [5.41, 5.74) is 1.01. The van der Waals surface area contributed by atoms with E-state index in [0.29, 0.717) is 0 Å². The Morgan fingerprint density at radius 2 is 2.33 bits per heavy atom. The van der Waals surface area contributed by atoms with Crippen LogP contribution < -0.4 is 5.32 Å². The molecule has 0 radical (unpaired) electrons. The standard InChI is InChI=1S/C12H17BrN4S/c1-3-6-14-10(11-8-15-17(2)16-11)7-9-4-5-12(13)18-9/h4-5,8,10,14H,3,6-7H2,1-2H3. The van der Waals surface area contributed by atoms with E-state index >= 15 is 0 Å². The molecule has 1 unspecified atom stereocenters. The van der Waals surface area contributed by atoms with Crippen LogP contribution in [0, 0.1) is 0 Å². The minimum Gasteiger partial charge on any atom is -0.308 e. The molecule has 1 atom stereocenters. The van der Waals surface area contributed by atoms with E-state index < -0.39 is 0 Å². The molecule has 0 saturated carbocycles. The summed E-state index contributed by atoms with van der Waals surface area (Å²) in [6.07, 6.45) is 3.91. The lowest BCUT2D eigenvalue weighted by Gasteiger charge is -2.14. The van der Waals surface area contributed by atoms with Gasteiger partial charge in [-0.1, -0.05) is 6.92 Å². The first-order valence-corrected chi connectivity index (χ1v) is 7.63. The van der Waals surface area contributed by atoms with Crippen LogP contribution in [0.15, 0.2) is 22.1 Å². The largest absolute Gasteiger partial charge is 0.308 e. The quantitative estimate of drug-likeness (QED) is 0.886. The van der Waals surface area contributed by atoms with Crippen LogP contribution in [-0.4, -0.2) is 21.5 Å². The summed E-state index contributed by atoms with van der Waals surface area (Å²) >= 11 is 5.27. The topological polar surface area (TPSA) is 42.7 Å². The van der Waals surface area contributed by atoms with E-state index in [4.69, 9.17) is 0 Å². The molecule has 2 aromatic rings. The molecular weight excluding hydrogens is 312 g/mol. The van der Waals surface area contributed by atoms with Crippen molar-refractivity contribution in [1.82, 2.24) is 20.3 Å². The summed E-state index contributed by atoms with van der Waals surface area (Å²) in [5.74, 6) is 0. The van der Waals surface area contributed by atoms with E-state index in [1.54, 1.807) is 16.1 Å². The molecule has 4 nitrogen and oxygen atoms in total. The van der Waals surface area contributed by atoms with Gasteiger partial charge in [0.2, 0.25) is 0 Å². The van der Waals surface area contributed by atoms with Crippen molar-refractivity contribution in [3.63, 3.8) is 0 Å². The van der Waals surface area contributed by atoms with Gasteiger partial charge >= 0.3 is 0 Å². The first-order valence-electron chi connectivity index (χ1n) is 6.03. The molecule has 0 aliphatic rings. The second-order valence-electron chi connectivity index (χ2n) is 4.18. The van der Waals surface area contributed by atoms with E-state index in [2.05, 4.69) is 50.5 Å². The third-order valence-electron chi connectivity index (χ3n) is 2.65. The zero-order valence-electron chi connectivity index (χ0n) is 10.6. The van der Waals surface area contributed by atoms with Gasteiger partial charge in [-0.15, -0.1) is 11.3 Å². The van der Waals surface area contributed by atoms with Crippen molar-refractivity contribution in [3.05, 3.63) is 32.7 Å². The number of hydrogen-bond acceptors (Lipinski definition) is 4. The average Bonchev–Trinajstić information content (AvgIpc) is 2.93. The third-order valence-corrected chi connectivity index (χ3v) is 4.30. The maximum atomic E-state index is 4.40. The average molecular weight is 329 g/mol. The lowest BCUT2D eigenvalue weighted by atomic mass is 10.1. The van der Waals surface area contributed by atoms with Gasteiger partial charge in [-0.3, -0.25) is 0 Å². The number of halogens is 1. The van der Waals surface area contributed by atoms with E-state index in [-0.39, 0.29) is 6.04 Å². The number of thiophene rings is 1. The highest BCUT2D eigenvalue weighted by Gasteiger charge is 2.15. The molecule has 0 saturated heterocycles. The van der Waals surface area contributed by atoms with Gasteiger partial charge in [-0.25, -0.2) is 0 Å². The molecule has 18 heavy (non-hydrogen) atoms. The predicted molar refractivity (Wildman–Crippen MR) is 77.8 cm³/mol. The third kappa shape index (κ3) is 3.63. The highest BCUT2D eigenvalue weighted by Crippen LogP contribution is 2.26. The van der Waals surface area contributed by atoms with Gasteiger partial charge in [-0.2, -0.15) is 15.0 Å². The Morgan fingerprint density at radius 1 is 1.50 bits per heavy atom. The second-order valence-corrected chi connectivity index (χ2v) is 6.72. The summed E-state index contributed by atoms with van der Waals surface area (Å²) in [6.45, 7) is 3.16. The van der Waals surface area contributed by atoms with Crippen molar-refractivity contribution < 1.29 is 0 Å². The van der Waals surface area contributed by atoms with Gasteiger partial charge < -0.3 is 5.32 Å². The number of hydrogen-bond donors (Lipinski definition) is 1. The molecule has 0 bridgehead atoms. The van der Waals surface area contributed by atoms with Crippen LogP contribution in [0.25, 0.3) is 0 Å². The molecule has 2 aromatic heterocycles. The Balaban J connectivity index is 2.09. The van der Waals surface area contributed by atoms with E-state index in [0.717, 1.165) is 25.1 Å². The second kappa shape index (κ2) is 6.45. The number of aryl methyl sites for hydroxylation is 1. The maximum absolute atomic E-state index is 4.40. The highest BCUT2D eigenvalue weighted by atomic mass is 79.9. The number of rotatable bonds is 6. The van der Waals surface area contributed by atoms with Crippen LogP contribution in [0.1, 0.15) is 30.0 Å². The van der Waals surface area contributed by atoms with Crippen molar-refractivity contribution in [2.45, 2.75) is 25.8 Å². The molecule has 2 rings (SSSR count). The molecule has 2 heterocycles. The van der Waals surface area contributed by atoms with Gasteiger partial charge in [0.05, 0.1) is 21.7 Å². The Kier molecular flexibility index (Phi) is 4.91. The monoisotopic (exact) mass is 328 g/mol. The Morgan fingerprint density at radius 3 is 2.89 bits per heavy atom. The molecule has 0 aliphatic heterocycles. The fourth-order valence-electron chi connectivity index (χ4n) is 1.78.